The fraction of sp³-hybridized carbons (Fsp3) is 0. The number of furan rings is 1. The molecule has 7 aromatic carbocycles. The van der Waals surface area contributed by atoms with Crippen molar-refractivity contribution in [3.63, 3.8) is 0 Å². The Morgan fingerprint density at radius 3 is 1.74 bits per heavy atom. The number of benzene rings is 7. The first-order valence-corrected chi connectivity index (χ1v) is 17.4. The molecule has 3 aromatic heterocycles. The third kappa shape index (κ3) is 4.87. The number of nitrogens with zero attached hydrogens (tertiary/aromatic N) is 3. The smallest absolute Gasteiger partial charge is 0.167 e. The zero-order valence-electron chi connectivity index (χ0n) is 26.7. The normalized spacial score (nSPS) is 11.6. The molecule has 0 saturated carbocycles. The van der Waals surface area contributed by atoms with Crippen LogP contribution in [0.15, 0.2) is 168 Å². The van der Waals surface area contributed by atoms with Gasteiger partial charge in [-0.25, -0.2) is 15.0 Å². The van der Waals surface area contributed by atoms with E-state index in [0.717, 1.165) is 44.2 Å². The maximum Gasteiger partial charge on any atom is 0.167 e. The molecule has 0 aliphatic carbocycles. The Bertz CT molecular complexity index is 2830. The standard InChI is InChI=1S/C45H27N3OS/c1-3-12-34-28(9-1)11-7-14-35(34)29-19-23-31(24-20-29)43-46-44(32-25-21-30(22-26-32)41-27-33-10-2-6-18-40(33)50-41)48-45(47-43)38-16-8-15-37-36-13-4-5-17-39(36)49-42(37)38/h1-27H. The van der Waals surface area contributed by atoms with E-state index >= 15 is 0 Å². The van der Waals surface area contributed by atoms with Crippen molar-refractivity contribution in [1.29, 1.82) is 0 Å². The lowest BCUT2D eigenvalue weighted by molar-refractivity contribution is 0.669. The van der Waals surface area contributed by atoms with E-state index in [4.69, 9.17) is 19.4 Å². The Hall–Kier alpha value is -6.43. The SMILES string of the molecule is c1ccc2sc(-c3ccc(-c4nc(-c5ccc(-c6cccc7ccccc67)cc5)nc(-c5cccc6c5oc5ccccc56)n4)cc3)cc2c1. The lowest BCUT2D eigenvalue weighted by Crippen LogP contribution is -2.00. The largest absolute Gasteiger partial charge is 0.455 e. The second kappa shape index (κ2) is 11.6. The van der Waals surface area contributed by atoms with Gasteiger partial charge in [-0.05, 0) is 57.1 Å². The van der Waals surface area contributed by atoms with E-state index in [-0.39, 0.29) is 0 Å². The van der Waals surface area contributed by atoms with E-state index < -0.39 is 0 Å². The zero-order valence-corrected chi connectivity index (χ0v) is 27.6. The van der Waals surface area contributed by atoms with Crippen LogP contribution in [0.25, 0.3) is 98.5 Å². The maximum atomic E-state index is 6.42. The predicted molar refractivity (Wildman–Crippen MR) is 207 cm³/mol. The van der Waals surface area contributed by atoms with Gasteiger partial charge < -0.3 is 4.42 Å². The van der Waals surface area contributed by atoms with Crippen molar-refractivity contribution < 1.29 is 4.42 Å². The molecule has 10 rings (SSSR count). The van der Waals surface area contributed by atoms with Gasteiger partial charge in [-0.2, -0.15) is 0 Å². The number of aromatic nitrogens is 3. The molecule has 234 valence electrons. The average molecular weight is 658 g/mol. The van der Waals surface area contributed by atoms with Gasteiger partial charge >= 0.3 is 0 Å². The first-order valence-electron chi connectivity index (χ1n) is 16.6. The number of para-hydroxylation sites is 2. The highest BCUT2D eigenvalue weighted by Crippen LogP contribution is 2.37. The summed E-state index contributed by atoms with van der Waals surface area (Å²) in [6, 6.07) is 57.0. The van der Waals surface area contributed by atoms with Crippen molar-refractivity contribution in [3.05, 3.63) is 164 Å². The molecule has 10 aromatic rings. The summed E-state index contributed by atoms with van der Waals surface area (Å²) in [4.78, 5) is 16.5. The molecule has 0 fully saturated rings. The maximum absolute atomic E-state index is 6.42. The van der Waals surface area contributed by atoms with Crippen LogP contribution in [0.3, 0.4) is 0 Å². The van der Waals surface area contributed by atoms with Crippen LogP contribution in [-0.2, 0) is 0 Å². The molecule has 0 N–H and O–H groups in total. The summed E-state index contributed by atoms with van der Waals surface area (Å²) in [7, 11) is 0. The van der Waals surface area contributed by atoms with Crippen LogP contribution in [0.4, 0.5) is 0 Å². The average Bonchev–Trinajstić information content (AvgIpc) is 3.80. The number of hydrogen-bond acceptors (Lipinski definition) is 5. The molecule has 0 aliphatic heterocycles. The number of hydrogen-bond donors (Lipinski definition) is 0. The summed E-state index contributed by atoms with van der Waals surface area (Å²) in [5.41, 5.74) is 7.78. The third-order valence-electron chi connectivity index (χ3n) is 9.38. The number of thiophene rings is 1. The van der Waals surface area contributed by atoms with Gasteiger partial charge in [-0.1, -0.05) is 140 Å². The monoisotopic (exact) mass is 657 g/mol. The van der Waals surface area contributed by atoms with Crippen molar-refractivity contribution in [3.8, 4) is 55.7 Å². The second-order valence-corrected chi connectivity index (χ2v) is 13.5. The molecule has 4 nitrogen and oxygen atoms in total. The molecule has 0 radical (unpaired) electrons. The highest BCUT2D eigenvalue weighted by Gasteiger charge is 2.18. The van der Waals surface area contributed by atoms with Crippen LogP contribution in [0.1, 0.15) is 0 Å². The first-order chi connectivity index (χ1) is 24.7. The lowest BCUT2D eigenvalue weighted by atomic mass is 9.97. The Balaban J connectivity index is 1.10. The lowest BCUT2D eigenvalue weighted by Gasteiger charge is -2.10. The Morgan fingerprint density at radius 2 is 0.960 bits per heavy atom. The van der Waals surface area contributed by atoms with E-state index in [0.29, 0.717) is 17.5 Å². The molecule has 0 saturated heterocycles. The van der Waals surface area contributed by atoms with Crippen LogP contribution < -0.4 is 0 Å². The number of rotatable bonds is 5. The topological polar surface area (TPSA) is 51.8 Å². The van der Waals surface area contributed by atoms with Gasteiger partial charge in [0.25, 0.3) is 0 Å². The minimum atomic E-state index is 0.571. The van der Waals surface area contributed by atoms with Crippen molar-refractivity contribution in [2.75, 3.05) is 0 Å². The summed E-state index contributed by atoms with van der Waals surface area (Å²) < 4.78 is 7.70. The highest BCUT2D eigenvalue weighted by atomic mass is 32.1. The Labute approximate surface area is 292 Å². The van der Waals surface area contributed by atoms with Crippen LogP contribution in [0.5, 0.6) is 0 Å². The third-order valence-corrected chi connectivity index (χ3v) is 10.5. The summed E-state index contributed by atoms with van der Waals surface area (Å²) >= 11 is 1.80. The zero-order chi connectivity index (χ0) is 33.0. The van der Waals surface area contributed by atoms with E-state index in [1.807, 2.05) is 30.3 Å². The minimum absolute atomic E-state index is 0.571. The molecule has 3 heterocycles. The highest BCUT2D eigenvalue weighted by molar-refractivity contribution is 7.22. The van der Waals surface area contributed by atoms with Gasteiger partial charge in [0.2, 0.25) is 0 Å². The Kier molecular flexibility index (Phi) is 6.64. The summed E-state index contributed by atoms with van der Waals surface area (Å²) in [5.74, 6) is 1.79. The van der Waals surface area contributed by atoms with Gasteiger partial charge in [0, 0.05) is 31.5 Å². The Morgan fingerprint density at radius 1 is 0.400 bits per heavy atom. The molecule has 0 atom stereocenters. The van der Waals surface area contributed by atoms with Crippen molar-refractivity contribution in [2.24, 2.45) is 0 Å². The summed E-state index contributed by atoms with van der Waals surface area (Å²) in [6.45, 7) is 0. The second-order valence-electron chi connectivity index (χ2n) is 12.4. The minimum Gasteiger partial charge on any atom is -0.455 e. The predicted octanol–water partition coefficient (Wildman–Crippen LogP) is 12.5. The molecule has 0 bridgehead atoms. The molecular formula is C45H27N3OS. The van der Waals surface area contributed by atoms with Crippen LogP contribution in [0.2, 0.25) is 0 Å². The van der Waals surface area contributed by atoms with Crippen LogP contribution in [-0.4, -0.2) is 15.0 Å². The van der Waals surface area contributed by atoms with Gasteiger partial charge in [0.1, 0.15) is 11.2 Å². The molecule has 5 heteroatoms. The van der Waals surface area contributed by atoms with E-state index in [2.05, 4.69) is 133 Å². The van der Waals surface area contributed by atoms with Gasteiger partial charge in [-0.15, -0.1) is 11.3 Å². The van der Waals surface area contributed by atoms with Crippen LogP contribution >= 0.6 is 11.3 Å². The van der Waals surface area contributed by atoms with Gasteiger partial charge in [0.15, 0.2) is 17.5 Å². The fourth-order valence-electron chi connectivity index (χ4n) is 6.86. The molecule has 0 unspecified atom stereocenters. The number of fused-ring (bicyclic) bond motifs is 5. The quantitative estimate of drug-likeness (QED) is 0.185. The van der Waals surface area contributed by atoms with E-state index in [1.165, 1.54) is 36.9 Å². The first kappa shape index (κ1) is 28.6. The van der Waals surface area contributed by atoms with Gasteiger partial charge in [-0.3, -0.25) is 0 Å². The summed E-state index contributed by atoms with van der Waals surface area (Å²) in [5, 5.41) is 5.81. The molecule has 0 amide bonds. The van der Waals surface area contributed by atoms with E-state index in [1.54, 1.807) is 11.3 Å². The molecule has 0 aliphatic rings. The van der Waals surface area contributed by atoms with Gasteiger partial charge in [0.05, 0.1) is 5.56 Å². The summed E-state index contributed by atoms with van der Waals surface area (Å²) in [6.07, 6.45) is 0. The molecular weight excluding hydrogens is 631 g/mol. The fourth-order valence-corrected chi connectivity index (χ4v) is 7.93. The molecule has 0 spiro atoms. The van der Waals surface area contributed by atoms with Crippen molar-refractivity contribution in [2.45, 2.75) is 0 Å². The van der Waals surface area contributed by atoms with Crippen molar-refractivity contribution in [1.82, 2.24) is 15.0 Å². The van der Waals surface area contributed by atoms with Crippen molar-refractivity contribution >= 4 is 54.1 Å². The van der Waals surface area contributed by atoms with E-state index in [9.17, 15) is 0 Å². The molecule has 50 heavy (non-hydrogen) atoms. The van der Waals surface area contributed by atoms with Crippen LogP contribution in [0, 0.1) is 0 Å².